The number of nitrogens with zero attached hydrogens (tertiary/aromatic N) is 4. The molecular weight excluding hydrogens is 384 g/mol. The van der Waals surface area contributed by atoms with Gasteiger partial charge < -0.3 is 14.6 Å². The SMILES string of the molecule is C[C@H](NC(=O)Cn1nc(-c2ccc(OC(F)F)nc2)ccc1=O)c1cccn1C. The van der Waals surface area contributed by atoms with E-state index in [-0.39, 0.29) is 24.4 Å². The van der Waals surface area contributed by atoms with Crippen LogP contribution in [0, 0.1) is 0 Å². The van der Waals surface area contributed by atoms with Gasteiger partial charge in [-0.2, -0.15) is 13.9 Å². The fourth-order valence-corrected chi connectivity index (χ4v) is 2.83. The molecule has 0 spiro atoms. The number of aromatic nitrogens is 4. The predicted octanol–water partition coefficient (Wildman–Crippen LogP) is 2.12. The molecule has 0 aliphatic carbocycles. The lowest BCUT2D eigenvalue weighted by Crippen LogP contribution is -2.35. The molecule has 0 radical (unpaired) electrons. The first-order chi connectivity index (χ1) is 13.8. The second-order valence-electron chi connectivity index (χ2n) is 6.31. The molecule has 0 aliphatic rings. The van der Waals surface area contributed by atoms with Gasteiger partial charge in [-0.1, -0.05) is 0 Å². The van der Waals surface area contributed by atoms with Crippen molar-refractivity contribution in [2.24, 2.45) is 7.05 Å². The maximum absolute atomic E-state index is 12.4. The number of aryl methyl sites for hydroxylation is 1. The van der Waals surface area contributed by atoms with Crippen LogP contribution < -0.4 is 15.6 Å². The van der Waals surface area contributed by atoms with Crippen molar-refractivity contribution in [3.05, 3.63) is 64.8 Å². The van der Waals surface area contributed by atoms with Crippen molar-refractivity contribution in [3.63, 3.8) is 0 Å². The molecule has 0 bridgehead atoms. The van der Waals surface area contributed by atoms with Gasteiger partial charge in [0.1, 0.15) is 6.54 Å². The molecular formula is C19H19F2N5O3. The van der Waals surface area contributed by atoms with Gasteiger partial charge in [0, 0.05) is 42.8 Å². The first kappa shape index (κ1) is 20.2. The van der Waals surface area contributed by atoms with Crippen molar-refractivity contribution < 1.29 is 18.3 Å². The number of alkyl halides is 2. The second kappa shape index (κ2) is 8.63. The topological polar surface area (TPSA) is 91.0 Å². The molecule has 0 aliphatic heterocycles. The number of ether oxygens (including phenoxy) is 1. The van der Waals surface area contributed by atoms with E-state index in [1.165, 1.54) is 30.5 Å². The Hall–Kier alpha value is -3.56. The summed E-state index contributed by atoms with van der Waals surface area (Å²) in [7, 11) is 1.87. The van der Waals surface area contributed by atoms with Crippen LogP contribution in [0.5, 0.6) is 5.88 Å². The Morgan fingerprint density at radius 2 is 2.03 bits per heavy atom. The quantitative estimate of drug-likeness (QED) is 0.653. The lowest BCUT2D eigenvalue weighted by atomic mass is 10.2. The molecule has 0 aromatic carbocycles. The molecule has 152 valence electrons. The van der Waals surface area contributed by atoms with E-state index in [1.807, 2.05) is 36.9 Å². The van der Waals surface area contributed by atoms with Crippen molar-refractivity contribution in [3.8, 4) is 17.1 Å². The highest BCUT2D eigenvalue weighted by molar-refractivity contribution is 5.76. The highest BCUT2D eigenvalue weighted by atomic mass is 19.3. The van der Waals surface area contributed by atoms with Crippen LogP contribution in [0.3, 0.4) is 0 Å². The molecule has 0 saturated heterocycles. The van der Waals surface area contributed by atoms with Crippen LogP contribution in [0.1, 0.15) is 18.7 Å². The lowest BCUT2D eigenvalue weighted by Gasteiger charge is -2.15. The van der Waals surface area contributed by atoms with Gasteiger partial charge in [0.2, 0.25) is 11.8 Å². The minimum Gasteiger partial charge on any atom is -0.417 e. The molecule has 10 heteroatoms. The second-order valence-corrected chi connectivity index (χ2v) is 6.31. The van der Waals surface area contributed by atoms with E-state index in [2.05, 4.69) is 20.1 Å². The van der Waals surface area contributed by atoms with E-state index < -0.39 is 12.2 Å². The molecule has 1 amide bonds. The smallest absolute Gasteiger partial charge is 0.388 e. The van der Waals surface area contributed by atoms with Crippen LogP contribution in [-0.4, -0.2) is 31.9 Å². The molecule has 3 aromatic heterocycles. The number of hydrogen-bond acceptors (Lipinski definition) is 5. The van der Waals surface area contributed by atoms with E-state index in [1.54, 1.807) is 0 Å². The molecule has 3 heterocycles. The first-order valence-corrected chi connectivity index (χ1v) is 8.73. The number of rotatable bonds is 7. The van der Waals surface area contributed by atoms with Gasteiger partial charge in [0.25, 0.3) is 5.56 Å². The highest BCUT2D eigenvalue weighted by Gasteiger charge is 2.14. The number of nitrogens with one attached hydrogen (secondary N) is 1. The third-order valence-corrected chi connectivity index (χ3v) is 4.21. The van der Waals surface area contributed by atoms with Crippen molar-refractivity contribution >= 4 is 5.91 Å². The van der Waals surface area contributed by atoms with Gasteiger partial charge in [-0.05, 0) is 31.2 Å². The molecule has 8 nitrogen and oxygen atoms in total. The zero-order chi connectivity index (χ0) is 21.0. The maximum atomic E-state index is 12.4. The molecule has 0 saturated carbocycles. The van der Waals surface area contributed by atoms with E-state index in [0.717, 1.165) is 10.4 Å². The normalized spacial score (nSPS) is 12.0. The molecule has 1 atom stereocenters. The Labute approximate surface area is 164 Å². The average molecular weight is 403 g/mol. The van der Waals surface area contributed by atoms with Crippen LogP contribution in [-0.2, 0) is 18.4 Å². The highest BCUT2D eigenvalue weighted by Crippen LogP contribution is 2.18. The summed E-state index contributed by atoms with van der Waals surface area (Å²) in [5.41, 5.74) is 1.33. The summed E-state index contributed by atoms with van der Waals surface area (Å²) in [6.07, 6.45) is 3.17. The summed E-state index contributed by atoms with van der Waals surface area (Å²) in [5, 5.41) is 6.99. The summed E-state index contributed by atoms with van der Waals surface area (Å²) in [5.74, 6) is -0.602. The minimum atomic E-state index is -2.97. The van der Waals surface area contributed by atoms with E-state index in [4.69, 9.17) is 0 Å². The fraction of sp³-hybridized carbons (Fsp3) is 0.263. The van der Waals surface area contributed by atoms with E-state index in [0.29, 0.717) is 11.3 Å². The molecule has 3 rings (SSSR count). The number of carbonyl (C=O) groups is 1. The average Bonchev–Trinajstić information content (AvgIpc) is 3.10. The summed E-state index contributed by atoms with van der Waals surface area (Å²) >= 11 is 0. The van der Waals surface area contributed by atoms with Crippen molar-refractivity contribution in [2.75, 3.05) is 0 Å². The molecule has 29 heavy (non-hydrogen) atoms. The van der Waals surface area contributed by atoms with Gasteiger partial charge in [-0.25, -0.2) is 9.67 Å². The Kier molecular flexibility index (Phi) is 6.01. The van der Waals surface area contributed by atoms with Crippen molar-refractivity contribution in [1.82, 2.24) is 24.6 Å². The molecule has 0 fully saturated rings. The Bertz CT molecular complexity index is 1050. The Morgan fingerprint density at radius 3 is 2.66 bits per heavy atom. The van der Waals surface area contributed by atoms with E-state index >= 15 is 0 Å². The summed E-state index contributed by atoms with van der Waals surface area (Å²) < 4.78 is 31.6. The fourth-order valence-electron chi connectivity index (χ4n) is 2.83. The molecule has 1 N–H and O–H groups in total. The van der Waals surface area contributed by atoms with Gasteiger partial charge >= 0.3 is 6.61 Å². The van der Waals surface area contributed by atoms with Gasteiger partial charge in [0.15, 0.2) is 0 Å². The van der Waals surface area contributed by atoms with Gasteiger partial charge in [0.05, 0.1) is 11.7 Å². The maximum Gasteiger partial charge on any atom is 0.388 e. The summed E-state index contributed by atoms with van der Waals surface area (Å²) in [4.78, 5) is 28.2. The van der Waals surface area contributed by atoms with Crippen LogP contribution in [0.25, 0.3) is 11.3 Å². The van der Waals surface area contributed by atoms with Crippen LogP contribution in [0.4, 0.5) is 8.78 Å². The number of pyridine rings is 1. The Balaban J connectivity index is 1.72. The minimum absolute atomic E-state index is 0.230. The first-order valence-electron chi connectivity index (χ1n) is 8.73. The third kappa shape index (κ3) is 5.03. The molecule has 0 unspecified atom stereocenters. The zero-order valence-electron chi connectivity index (χ0n) is 15.8. The number of amides is 1. The van der Waals surface area contributed by atoms with Gasteiger partial charge in [-0.15, -0.1) is 0 Å². The van der Waals surface area contributed by atoms with Crippen LogP contribution >= 0.6 is 0 Å². The van der Waals surface area contributed by atoms with Crippen molar-refractivity contribution in [1.29, 1.82) is 0 Å². The summed E-state index contributed by atoms with van der Waals surface area (Å²) in [6.45, 7) is -1.39. The van der Waals surface area contributed by atoms with Crippen LogP contribution in [0.2, 0.25) is 0 Å². The largest absolute Gasteiger partial charge is 0.417 e. The van der Waals surface area contributed by atoms with Crippen molar-refractivity contribution in [2.45, 2.75) is 26.1 Å². The molecule has 3 aromatic rings. The standard InChI is InChI=1S/C19H19F2N5O3/c1-12(15-4-3-9-25(15)2)23-16(27)11-26-18(28)8-6-14(24-26)13-5-7-17(22-10-13)29-19(20)21/h3-10,12,19H,11H2,1-2H3,(H,23,27)/t12-/m0/s1. The lowest BCUT2D eigenvalue weighted by molar-refractivity contribution is -0.122. The van der Waals surface area contributed by atoms with Crippen LogP contribution in [0.15, 0.2) is 53.6 Å². The zero-order valence-corrected chi connectivity index (χ0v) is 15.8. The monoisotopic (exact) mass is 403 g/mol. The number of carbonyl (C=O) groups excluding carboxylic acids is 1. The third-order valence-electron chi connectivity index (χ3n) is 4.21. The number of hydrogen-bond donors (Lipinski definition) is 1. The van der Waals surface area contributed by atoms with Gasteiger partial charge in [-0.3, -0.25) is 9.59 Å². The number of halogens is 2. The van der Waals surface area contributed by atoms with E-state index in [9.17, 15) is 18.4 Å². The predicted molar refractivity (Wildman–Crippen MR) is 100 cm³/mol. The Morgan fingerprint density at radius 1 is 1.24 bits per heavy atom. The summed E-state index contributed by atoms with van der Waals surface area (Å²) in [6, 6.07) is 9.02.